The molecule has 0 saturated carbocycles. The molecule has 3 nitrogen and oxygen atoms in total. The fourth-order valence-electron chi connectivity index (χ4n) is 1.27. The molecule has 1 unspecified atom stereocenters. The van der Waals surface area contributed by atoms with E-state index >= 15 is 0 Å². The summed E-state index contributed by atoms with van der Waals surface area (Å²) in [7, 11) is 0. The lowest BCUT2D eigenvalue weighted by Gasteiger charge is -2.07. The van der Waals surface area contributed by atoms with Gasteiger partial charge in [-0.25, -0.2) is 0 Å². The minimum atomic E-state index is -0.902. The molecule has 15 heavy (non-hydrogen) atoms. The zero-order chi connectivity index (χ0) is 11.4. The molecule has 0 aliphatic rings. The second-order valence-electron chi connectivity index (χ2n) is 3.29. The Balaban J connectivity index is 2.92. The Hall–Kier alpha value is -1.35. The van der Waals surface area contributed by atoms with Crippen LogP contribution in [0.25, 0.3) is 0 Å². The molecular weight excluding hydrogens is 216 g/mol. The lowest BCUT2D eigenvalue weighted by Crippen LogP contribution is -2.04. The van der Waals surface area contributed by atoms with Crippen LogP contribution in [0.4, 0.5) is 0 Å². The average Bonchev–Trinajstić information content (AvgIpc) is 2.16. The van der Waals surface area contributed by atoms with E-state index in [4.69, 9.17) is 16.7 Å². The van der Waals surface area contributed by atoms with E-state index < -0.39 is 11.3 Å². The van der Waals surface area contributed by atoms with Crippen LogP contribution in [0.3, 0.4) is 0 Å². The third-order valence-corrected chi connectivity index (χ3v) is 2.52. The van der Waals surface area contributed by atoms with Crippen LogP contribution in [0.2, 0.25) is 0 Å². The molecule has 1 N–H and O–H groups in total. The van der Waals surface area contributed by atoms with Gasteiger partial charge in [0, 0.05) is 0 Å². The lowest BCUT2D eigenvalue weighted by atomic mass is 10.0. The second kappa shape index (κ2) is 4.94. The highest BCUT2D eigenvalue weighted by Gasteiger charge is 2.13. The van der Waals surface area contributed by atoms with Crippen molar-refractivity contribution in [1.29, 1.82) is 0 Å². The first kappa shape index (κ1) is 11.7. The maximum atomic E-state index is 11.0. The van der Waals surface area contributed by atoms with Gasteiger partial charge in [-0.15, -0.1) is 11.6 Å². The van der Waals surface area contributed by atoms with Crippen molar-refractivity contribution in [2.24, 2.45) is 0 Å². The van der Waals surface area contributed by atoms with Gasteiger partial charge >= 0.3 is 5.97 Å². The molecule has 1 rings (SSSR count). The first-order valence-electron chi connectivity index (χ1n) is 4.46. The lowest BCUT2D eigenvalue weighted by molar-refractivity contribution is -0.136. The number of carboxylic acids is 1. The summed E-state index contributed by atoms with van der Waals surface area (Å²) in [6, 6.07) is 6.75. The molecule has 0 saturated heterocycles. The summed E-state index contributed by atoms with van der Waals surface area (Å²) in [5, 5.41) is 7.91. The molecule has 0 aromatic heterocycles. The van der Waals surface area contributed by atoms with Crippen LogP contribution in [-0.4, -0.2) is 16.9 Å². The van der Waals surface area contributed by atoms with Crippen LogP contribution in [0.1, 0.15) is 23.4 Å². The standard InChI is InChI=1S/C11H11ClO3/c1-7(13)11(12)9-4-2-3-8(5-9)6-10(14)15/h2-5,11H,6H2,1H3,(H,14,15). The van der Waals surface area contributed by atoms with Crippen molar-refractivity contribution < 1.29 is 14.7 Å². The van der Waals surface area contributed by atoms with Crippen molar-refractivity contribution in [2.45, 2.75) is 18.7 Å². The molecule has 1 atom stereocenters. The number of carbonyl (C=O) groups excluding carboxylic acids is 1. The summed E-state index contributed by atoms with van der Waals surface area (Å²) in [6.45, 7) is 1.40. The number of rotatable bonds is 4. The first-order chi connectivity index (χ1) is 7.00. The van der Waals surface area contributed by atoms with Crippen molar-refractivity contribution in [1.82, 2.24) is 0 Å². The highest BCUT2D eigenvalue weighted by atomic mass is 35.5. The molecule has 0 aliphatic heterocycles. The molecule has 80 valence electrons. The van der Waals surface area contributed by atoms with Crippen LogP contribution in [0.15, 0.2) is 24.3 Å². The van der Waals surface area contributed by atoms with Gasteiger partial charge in [0.2, 0.25) is 0 Å². The van der Waals surface area contributed by atoms with Crippen LogP contribution < -0.4 is 0 Å². The molecule has 1 aromatic carbocycles. The molecule has 0 fully saturated rings. The SMILES string of the molecule is CC(=O)C(Cl)c1cccc(CC(=O)O)c1. The number of Topliss-reactive ketones (excluding diaryl/α,β-unsaturated/α-hetero) is 1. The highest BCUT2D eigenvalue weighted by molar-refractivity contribution is 6.30. The van der Waals surface area contributed by atoms with Gasteiger partial charge in [-0.1, -0.05) is 24.3 Å². The highest BCUT2D eigenvalue weighted by Crippen LogP contribution is 2.22. The zero-order valence-corrected chi connectivity index (χ0v) is 8.99. The van der Waals surface area contributed by atoms with Gasteiger partial charge in [-0.3, -0.25) is 9.59 Å². The molecular formula is C11H11ClO3. The van der Waals surface area contributed by atoms with E-state index in [-0.39, 0.29) is 12.2 Å². The Bertz CT molecular complexity index is 387. The van der Waals surface area contributed by atoms with Crippen LogP contribution in [0, 0.1) is 0 Å². The van der Waals surface area contributed by atoms with E-state index in [1.54, 1.807) is 24.3 Å². The average molecular weight is 227 g/mol. The summed E-state index contributed by atoms with van der Waals surface area (Å²) in [5.74, 6) is -1.05. The van der Waals surface area contributed by atoms with Crippen molar-refractivity contribution in [2.75, 3.05) is 0 Å². The fraction of sp³-hybridized carbons (Fsp3) is 0.273. The van der Waals surface area contributed by atoms with Crippen molar-refractivity contribution in [3.8, 4) is 0 Å². The third kappa shape index (κ3) is 3.36. The summed E-state index contributed by atoms with van der Waals surface area (Å²) in [4.78, 5) is 21.5. The number of carboxylic acid groups (broad SMARTS) is 1. The van der Waals surface area contributed by atoms with Gasteiger partial charge in [0.1, 0.15) is 5.38 Å². The summed E-state index contributed by atoms with van der Waals surface area (Å²) in [6.07, 6.45) is -0.0602. The quantitative estimate of drug-likeness (QED) is 0.801. The van der Waals surface area contributed by atoms with E-state index in [1.165, 1.54) is 6.92 Å². The topological polar surface area (TPSA) is 54.4 Å². The molecule has 0 aliphatic carbocycles. The van der Waals surface area contributed by atoms with Gasteiger partial charge in [0.25, 0.3) is 0 Å². The van der Waals surface area contributed by atoms with E-state index in [9.17, 15) is 9.59 Å². The van der Waals surface area contributed by atoms with E-state index in [0.29, 0.717) is 11.1 Å². The molecule has 4 heteroatoms. The van der Waals surface area contributed by atoms with Gasteiger partial charge in [0.15, 0.2) is 5.78 Å². The fourth-order valence-corrected chi connectivity index (χ4v) is 1.41. The number of ketones is 1. The minimum Gasteiger partial charge on any atom is -0.481 e. The monoisotopic (exact) mass is 226 g/mol. The number of halogens is 1. The Labute approximate surface area is 92.7 Å². The second-order valence-corrected chi connectivity index (χ2v) is 3.73. The van der Waals surface area contributed by atoms with Crippen molar-refractivity contribution in [3.63, 3.8) is 0 Å². The Morgan fingerprint density at radius 1 is 1.47 bits per heavy atom. The van der Waals surface area contributed by atoms with E-state index in [2.05, 4.69) is 0 Å². The molecule has 0 radical (unpaired) electrons. The Kier molecular flexibility index (Phi) is 3.86. The molecule has 0 heterocycles. The first-order valence-corrected chi connectivity index (χ1v) is 4.89. The Morgan fingerprint density at radius 2 is 2.13 bits per heavy atom. The number of aliphatic carboxylic acids is 1. The van der Waals surface area contributed by atoms with Crippen molar-refractivity contribution in [3.05, 3.63) is 35.4 Å². The number of benzene rings is 1. The number of alkyl halides is 1. The molecule has 0 bridgehead atoms. The number of hydrogen-bond acceptors (Lipinski definition) is 2. The number of hydrogen-bond donors (Lipinski definition) is 1. The smallest absolute Gasteiger partial charge is 0.307 e. The minimum absolute atomic E-state index is 0.0602. The molecule has 0 amide bonds. The van der Waals surface area contributed by atoms with Gasteiger partial charge in [0.05, 0.1) is 6.42 Å². The zero-order valence-electron chi connectivity index (χ0n) is 8.24. The Morgan fingerprint density at radius 3 is 2.67 bits per heavy atom. The van der Waals surface area contributed by atoms with Crippen molar-refractivity contribution >= 4 is 23.4 Å². The van der Waals surface area contributed by atoms with Gasteiger partial charge in [-0.2, -0.15) is 0 Å². The predicted octanol–water partition coefficient (Wildman–Crippen LogP) is 2.18. The summed E-state index contributed by atoms with van der Waals surface area (Å²) < 4.78 is 0. The maximum absolute atomic E-state index is 11.0. The number of carbonyl (C=O) groups is 2. The maximum Gasteiger partial charge on any atom is 0.307 e. The third-order valence-electron chi connectivity index (χ3n) is 1.96. The summed E-state index contributed by atoms with van der Waals surface area (Å²) in [5.41, 5.74) is 1.29. The molecule has 1 aromatic rings. The largest absolute Gasteiger partial charge is 0.481 e. The molecule has 0 spiro atoms. The van der Waals surface area contributed by atoms with E-state index in [1.807, 2.05) is 0 Å². The predicted molar refractivity (Wildman–Crippen MR) is 57.1 cm³/mol. The summed E-state index contributed by atoms with van der Waals surface area (Å²) >= 11 is 5.85. The van der Waals surface area contributed by atoms with E-state index in [0.717, 1.165) is 0 Å². The normalized spacial score (nSPS) is 12.1. The van der Waals surface area contributed by atoms with Gasteiger partial charge < -0.3 is 5.11 Å². The van der Waals surface area contributed by atoms with Gasteiger partial charge in [-0.05, 0) is 18.1 Å². The van der Waals surface area contributed by atoms with Crippen LogP contribution >= 0.6 is 11.6 Å². The van der Waals surface area contributed by atoms with Crippen LogP contribution in [-0.2, 0) is 16.0 Å². The van der Waals surface area contributed by atoms with Crippen LogP contribution in [0.5, 0.6) is 0 Å².